The fraction of sp³-hybridized carbons (Fsp3) is 0.286. The summed E-state index contributed by atoms with van der Waals surface area (Å²) in [5, 5.41) is 5.08. The van der Waals surface area contributed by atoms with E-state index < -0.39 is 27.7 Å². The molecule has 1 saturated heterocycles. The maximum Gasteiger partial charge on any atom is 0.414 e. The second kappa shape index (κ2) is 9.94. The summed E-state index contributed by atoms with van der Waals surface area (Å²) in [6, 6.07) is 11.3. The lowest BCUT2D eigenvalue weighted by Gasteiger charge is -2.15. The molecule has 11 heteroatoms. The Morgan fingerprint density at radius 3 is 2.44 bits per heavy atom. The third kappa shape index (κ3) is 6.03. The van der Waals surface area contributed by atoms with E-state index >= 15 is 0 Å². The number of cyclic esters (lactones) is 1. The van der Waals surface area contributed by atoms with Crippen molar-refractivity contribution in [1.82, 2.24) is 10.6 Å². The van der Waals surface area contributed by atoms with Crippen LogP contribution in [0, 0.1) is 5.82 Å². The van der Waals surface area contributed by atoms with Crippen LogP contribution in [0.5, 0.6) is 0 Å². The Morgan fingerprint density at radius 2 is 1.84 bits per heavy atom. The summed E-state index contributed by atoms with van der Waals surface area (Å²) < 4.78 is 18.0. The first-order valence-electron chi connectivity index (χ1n) is 9.51. The van der Waals surface area contributed by atoms with E-state index in [4.69, 9.17) is 39.5 Å². The second-order valence-electron chi connectivity index (χ2n) is 7.09. The molecule has 0 spiro atoms. The highest BCUT2D eigenvalue weighted by Crippen LogP contribution is 2.29. The molecule has 0 saturated carbocycles. The van der Waals surface area contributed by atoms with E-state index in [0.29, 0.717) is 16.8 Å². The fourth-order valence-corrected chi connectivity index (χ4v) is 3.29. The number of benzene rings is 2. The Labute approximate surface area is 198 Å². The number of halogens is 4. The van der Waals surface area contributed by atoms with Gasteiger partial charge in [-0.15, -0.1) is 0 Å². The van der Waals surface area contributed by atoms with Crippen molar-refractivity contribution < 1.29 is 23.5 Å². The van der Waals surface area contributed by atoms with Crippen LogP contribution < -0.4 is 15.5 Å². The van der Waals surface area contributed by atoms with E-state index in [-0.39, 0.29) is 25.5 Å². The highest BCUT2D eigenvalue weighted by molar-refractivity contribution is 6.76. The third-order valence-electron chi connectivity index (χ3n) is 4.69. The first-order valence-corrected chi connectivity index (χ1v) is 10.6. The van der Waals surface area contributed by atoms with Crippen molar-refractivity contribution >= 4 is 58.4 Å². The Morgan fingerprint density at radius 1 is 1.16 bits per heavy atom. The molecule has 1 atom stereocenters. The smallest absolute Gasteiger partial charge is 0.414 e. The van der Waals surface area contributed by atoms with Crippen molar-refractivity contribution in [2.24, 2.45) is 0 Å². The number of hydrogen-bond acceptors (Lipinski definition) is 4. The van der Waals surface area contributed by atoms with Gasteiger partial charge in [-0.2, -0.15) is 0 Å². The van der Waals surface area contributed by atoms with Gasteiger partial charge in [0.05, 0.1) is 18.8 Å². The van der Waals surface area contributed by atoms with Gasteiger partial charge in [0, 0.05) is 19.0 Å². The molecule has 1 fully saturated rings. The van der Waals surface area contributed by atoms with E-state index in [1.54, 1.807) is 36.4 Å². The lowest BCUT2D eigenvalue weighted by molar-refractivity contribution is -0.120. The van der Waals surface area contributed by atoms with Crippen LogP contribution in [0.2, 0.25) is 0 Å². The minimum atomic E-state index is -2.05. The van der Waals surface area contributed by atoms with Crippen molar-refractivity contribution in [2.45, 2.75) is 23.4 Å². The van der Waals surface area contributed by atoms with Crippen molar-refractivity contribution in [3.05, 3.63) is 53.8 Å². The van der Waals surface area contributed by atoms with Crippen LogP contribution in [0.4, 0.5) is 14.9 Å². The maximum atomic E-state index is 14.8. The molecule has 170 valence electrons. The number of nitrogens with zero attached hydrogens (tertiary/aromatic N) is 1. The molecular formula is C21H19Cl3FN3O4. The molecule has 32 heavy (non-hydrogen) atoms. The van der Waals surface area contributed by atoms with Gasteiger partial charge in [-0.05, 0) is 29.3 Å². The summed E-state index contributed by atoms with van der Waals surface area (Å²) in [5.41, 5.74) is 2.04. The molecule has 3 rings (SSSR count). The zero-order valence-corrected chi connectivity index (χ0v) is 19.1. The van der Waals surface area contributed by atoms with Crippen LogP contribution in [0.25, 0.3) is 11.1 Å². The number of hydrogen-bond donors (Lipinski definition) is 2. The predicted molar refractivity (Wildman–Crippen MR) is 120 cm³/mol. The van der Waals surface area contributed by atoms with Gasteiger partial charge in [0.2, 0.25) is 5.91 Å². The quantitative estimate of drug-likeness (QED) is 0.586. The highest BCUT2D eigenvalue weighted by atomic mass is 35.6. The SMILES string of the molecule is CC(=O)NC[C@H]1CN(c2ccc(-c3ccc(CNC(=O)C(Cl)(Cl)Cl)cc3)c(F)c2)C(=O)O1. The van der Waals surface area contributed by atoms with Gasteiger partial charge >= 0.3 is 6.09 Å². The van der Waals surface area contributed by atoms with E-state index in [9.17, 15) is 18.8 Å². The summed E-state index contributed by atoms with van der Waals surface area (Å²) in [6.07, 6.45) is -1.11. The minimum absolute atomic E-state index is 0.144. The molecule has 0 aromatic heterocycles. The average Bonchev–Trinajstić information content (AvgIpc) is 3.11. The van der Waals surface area contributed by atoms with Gasteiger partial charge in [-0.1, -0.05) is 59.1 Å². The molecule has 0 bridgehead atoms. The van der Waals surface area contributed by atoms with Crippen molar-refractivity contribution in [3.63, 3.8) is 0 Å². The molecule has 2 aromatic rings. The predicted octanol–water partition coefficient (Wildman–Crippen LogP) is 3.94. The Bertz CT molecular complexity index is 1030. The molecular weight excluding hydrogens is 484 g/mol. The van der Waals surface area contributed by atoms with Crippen LogP contribution in [0.15, 0.2) is 42.5 Å². The van der Waals surface area contributed by atoms with Crippen LogP contribution in [0.1, 0.15) is 12.5 Å². The van der Waals surface area contributed by atoms with E-state index in [1.807, 2.05) is 0 Å². The standard InChI is InChI=1S/C21H19Cl3FN3O4/c1-12(29)26-10-16-11-28(20(31)32-16)15-6-7-17(18(25)8-15)14-4-2-13(3-5-14)9-27-19(30)21(22,23)24/h2-8,16H,9-11H2,1H3,(H,26,29)(H,27,30)/t16-/m0/s1. The number of carbonyl (C=O) groups excluding carboxylic acids is 3. The third-order valence-corrected chi connectivity index (χ3v) is 5.21. The Balaban J connectivity index is 1.67. The molecule has 7 nitrogen and oxygen atoms in total. The van der Waals surface area contributed by atoms with Gasteiger partial charge in [-0.3, -0.25) is 14.5 Å². The summed E-state index contributed by atoms with van der Waals surface area (Å²) in [7, 11) is 0. The molecule has 0 aliphatic carbocycles. The summed E-state index contributed by atoms with van der Waals surface area (Å²) in [6.45, 7) is 1.90. The summed E-state index contributed by atoms with van der Waals surface area (Å²) in [4.78, 5) is 36.1. The Hall–Kier alpha value is -2.55. The van der Waals surface area contributed by atoms with Crippen LogP contribution in [0.3, 0.4) is 0 Å². The van der Waals surface area contributed by atoms with Crippen LogP contribution in [-0.4, -0.2) is 40.9 Å². The first-order chi connectivity index (χ1) is 15.0. The summed E-state index contributed by atoms with van der Waals surface area (Å²) in [5.74, 6) is -1.49. The monoisotopic (exact) mass is 501 g/mol. The van der Waals surface area contributed by atoms with Gasteiger partial charge in [0.25, 0.3) is 9.70 Å². The number of nitrogens with one attached hydrogen (secondary N) is 2. The molecule has 1 aliphatic rings. The number of rotatable bonds is 6. The lowest BCUT2D eigenvalue weighted by atomic mass is 10.0. The molecule has 2 aromatic carbocycles. The molecule has 1 aliphatic heterocycles. The normalized spacial score (nSPS) is 16.0. The average molecular weight is 503 g/mol. The molecule has 1 heterocycles. The Kier molecular flexibility index (Phi) is 7.48. The number of carbonyl (C=O) groups is 3. The van der Waals surface area contributed by atoms with E-state index in [1.165, 1.54) is 17.9 Å². The van der Waals surface area contributed by atoms with Gasteiger partial charge in [0.1, 0.15) is 11.9 Å². The lowest BCUT2D eigenvalue weighted by Crippen LogP contribution is -2.33. The molecule has 3 amide bonds. The zero-order valence-electron chi connectivity index (χ0n) is 16.8. The van der Waals surface area contributed by atoms with Crippen molar-refractivity contribution in [1.29, 1.82) is 0 Å². The van der Waals surface area contributed by atoms with Gasteiger partial charge in [-0.25, -0.2) is 9.18 Å². The van der Waals surface area contributed by atoms with E-state index in [2.05, 4.69) is 10.6 Å². The minimum Gasteiger partial charge on any atom is -0.442 e. The molecule has 0 unspecified atom stereocenters. The first kappa shape index (κ1) is 24.1. The number of ether oxygens (including phenoxy) is 1. The number of alkyl halides is 3. The highest BCUT2D eigenvalue weighted by Gasteiger charge is 2.33. The number of anilines is 1. The van der Waals surface area contributed by atoms with Crippen LogP contribution in [-0.2, 0) is 20.9 Å². The largest absolute Gasteiger partial charge is 0.442 e. The second-order valence-corrected chi connectivity index (χ2v) is 9.38. The summed E-state index contributed by atoms with van der Waals surface area (Å²) >= 11 is 16.5. The number of amides is 3. The van der Waals surface area contributed by atoms with Gasteiger partial charge < -0.3 is 15.4 Å². The van der Waals surface area contributed by atoms with Crippen molar-refractivity contribution in [3.8, 4) is 11.1 Å². The van der Waals surface area contributed by atoms with E-state index in [0.717, 1.165) is 5.56 Å². The fourth-order valence-electron chi connectivity index (χ4n) is 3.09. The molecule has 0 radical (unpaired) electrons. The van der Waals surface area contributed by atoms with Crippen molar-refractivity contribution in [2.75, 3.05) is 18.0 Å². The zero-order chi connectivity index (χ0) is 23.5. The van der Waals surface area contributed by atoms with Gasteiger partial charge in [0.15, 0.2) is 0 Å². The topological polar surface area (TPSA) is 87.7 Å². The molecule has 2 N–H and O–H groups in total. The maximum absolute atomic E-state index is 14.8. The van der Waals surface area contributed by atoms with Crippen LogP contribution >= 0.6 is 34.8 Å².